The van der Waals surface area contributed by atoms with Gasteiger partial charge >= 0.3 is 0 Å². The normalized spacial score (nSPS) is 22.8. The average Bonchev–Trinajstić information content (AvgIpc) is 2.83. The number of aliphatic hydroxyl groups excluding tert-OH is 1. The molecule has 2 aromatic carbocycles. The molecule has 7 nitrogen and oxygen atoms in total. The molecule has 0 saturated carbocycles. The van der Waals surface area contributed by atoms with E-state index >= 15 is 0 Å². The first-order valence-electron chi connectivity index (χ1n) is 11.3. The number of hydrogen-bond acceptors (Lipinski definition) is 7. The summed E-state index contributed by atoms with van der Waals surface area (Å²) in [5.41, 5.74) is 3.27. The Labute approximate surface area is 190 Å². The van der Waals surface area contributed by atoms with Gasteiger partial charge in [0, 0.05) is 39.3 Å². The van der Waals surface area contributed by atoms with Crippen molar-refractivity contribution >= 4 is 5.69 Å². The minimum atomic E-state index is -0.504. The number of fused-ring (bicyclic) bond motifs is 1. The molecule has 0 aliphatic carbocycles. The molecule has 0 amide bonds. The van der Waals surface area contributed by atoms with Crippen LogP contribution in [0.2, 0.25) is 0 Å². The number of ether oxygens (including phenoxy) is 4. The smallest absolute Gasteiger partial charge is 0.142 e. The number of benzene rings is 2. The second-order valence-electron chi connectivity index (χ2n) is 8.36. The molecule has 3 unspecified atom stereocenters. The molecule has 2 N–H and O–H groups in total. The zero-order valence-electron chi connectivity index (χ0n) is 19.0. The van der Waals surface area contributed by atoms with Gasteiger partial charge in [-0.1, -0.05) is 18.2 Å². The third-order valence-corrected chi connectivity index (χ3v) is 6.24. The van der Waals surface area contributed by atoms with Crippen molar-refractivity contribution in [3.8, 4) is 11.5 Å². The molecule has 1 saturated heterocycles. The van der Waals surface area contributed by atoms with Crippen molar-refractivity contribution in [1.82, 2.24) is 5.32 Å². The van der Waals surface area contributed by atoms with Crippen molar-refractivity contribution in [1.29, 1.82) is 0 Å². The van der Waals surface area contributed by atoms with Crippen LogP contribution < -0.4 is 19.7 Å². The second-order valence-corrected chi connectivity index (χ2v) is 8.36. The minimum absolute atomic E-state index is 0.0892. The lowest BCUT2D eigenvalue weighted by molar-refractivity contribution is -0.0328. The third-order valence-electron chi connectivity index (χ3n) is 6.24. The lowest BCUT2D eigenvalue weighted by atomic mass is 9.85. The van der Waals surface area contributed by atoms with Crippen LogP contribution in [0.4, 0.5) is 5.69 Å². The van der Waals surface area contributed by atoms with E-state index in [9.17, 15) is 5.11 Å². The number of nitrogens with zero attached hydrogens (tertiary/aromatic N) is 1. The number of β-amino-alcohol motifs (C(OH)–C–C–N with tert-alkyl or cyclic N) is 1. The first-order chi connectivity index (χ1) is 15.7. The monoisotopic (exact) mass is 442 g/mol. The SMILES string of the molecule is COCCCN1CCOc2ccc(COC3CNCC(O)C3c3ccc(OC)cc3)cc21. The van der Waals surface area contributed by atoms with Gasteiger partial charge < -0.3 is 34.3 Å². The number of anilines is 1. The predicted molar refractivity (Wildman–Crippen MR) is 124 cm³/mol. The van der Waals surface area contributed by atoms with Crippen molar-refractivity contribution in [2.75, 3.05) is 58.5 Å². The van der Waals surface area contributed by atoms with Gasteiger partial charge in [0.05, 0.1) is 38.2 Å². The average molecular weight is 443 g/mol. The molecule has 3 atom stereocenters. The highest BCUT2D eigenvalue weighted by Crippen LogP contribution is 2.34. The number of aliphatic hydroxyl groups is 1. The van der Waals surface area contributed by atoms with Gasteiger partial charge in [-0.25, -0.2) is 0 Å². The van der Waals surface area contributed by atoms with Crippen LogP contribution in [0.15, 0.2) is 42.5 Å². The highest BCUT2D eigenvalue weighted by atomic mass is 16.5. The summed E-state index contributed by atoms with van der Waals surface area (Å²) in [4.78, 5) is 2.35. The maximum atomic E-state index is 10.7. The molecule has 0 bridgehead atoms. The zero-order valence-corrected chi connectivity index (χ0v) is 19.0. The Morgan fingerprint density at radius 2 is 1.97 bits per heavy atom. The molecule has 0 spiro atoms. The number of rotatable bonds is 9. The van der Waals surface area contributed by atoms with Crippen molar-refractivity contribution in [2.45, 2.75) is 31.2 Å². The zero-order chi connectivity index (χ0) is 22.3. The summed E-state index contributed by atoms with van der Waals surface area (Å²) in [6.07, 6.45) is 0.346. The van der Waals surface area contributed by atoms with Crippen LogP contribution in [0.1, 0.15) is 23.5 Å². The molecule has 2 aromatic rings. The van der Waals surface area contributed by atoms with Crippen molar-refractivity contribution in [2.24, 2.45) is 0 Å². The molecule has 32 heavy (non-hydrogen) atoms. The molecular formula is C25H34N2O5. The maximum Gasteiger partial charge on any atom is 0.142 e. The molecule has 7 heteroatoms. The number of piperidine rings is 1. The van der Waals surface area contributed by atoms with E-state index in [1.165, 1.54) is 0 Å². The molecule has 2 heterocycles. The first kappa shape index (κ1) is 22.9. The Balaban J connectivity index is 1.45. The Morgan fingerprint density at radius 3 is 2.75 bits per heavy atom. The predicted octanol–water partition coefficient (Wildman–Crippen LogP) is 2.56. The van der Waals surface area contributed by atoms with Crippen molar-refractivity contribution in [3.63, 3.8) is 0 Å². The lowest BCUT2D eigenvalue weighted by Gasteiger charge is -2.36. The van der Waals surface area contributed by atoms with E-state index in [-0.39, 0.29) is 12.0 Å². The Hall–Kier alpha value is -2.32. The van der Waals surface area contributed by atoms with Gasteiger partial charge in [-0.05, 0) is 41.8 Å². The van der Waals surface area contributed by atoms with Gasteiger partial charge in [-0.2, -0.15) is 0 Å². The Morgan fingerprint density at radius 1 is 1.12 bits per heavy atom. The summed E-state index contributed by atoms with van der Waals surface area (Å²) in [5.74, 6) is 1.64. The van der Waals surface area contributed by atoms with Crippen molar-refractivity contribution in [3.05, 3.63) is 53.6 Å². The Bertz CT molecular complexity index is 860. The van der Waals surface area contributed by atoms with E-state index in [0.717, 1.165) is 54.4 Å². The quantitative estimate of drug-likeness (QED) is 0.579. The standard InChI is InChI=1S/C25H34N2O5/c1-29-12-3-10-27-11-13-31-23-9-4-18(14-21(23)27)17-32-24-16-26-15-22(28)25(24)19-5-7-20(30-2)8-6-19/h4-9,14,22,24-26,28H,3,10-13,15-17H2,1-2H3. The highest BCUT2D eigenvalue weighted by Gasteiger charge is 2.34. The van der Waals surface area contributed by atoms with Gasteiger partial charge in [0.25, 0.3) is 0 Å². The molecule has 174 valence electrons. The maximum absolute atomic E-state index is 10.7. The topological polar surface area (TPSA) is 72.4 Å². The van der Waals surface area contributed by atoms with Gasteiger partial charge in [-0.15, -0.1) is 0 Å². The number of hydrogen-bond donors (Lipinski definition) is 2. The fourth-order valence-electron chi connectivity index (χ4n) is 4.54. The number of methoxy groups -OCH3 is 2. The summed E-state index contributed by atoms with van der Waals surface area (Å²) in [5, 5.41) is 14.0. The van der Waals surface area contributed by atoms with E-state index in [4.69, 9.17) is 18.9 Å². The third kappa shape index (κ3) is 5.35. The lowest BCUT2D eigenvalue weighted by Crippen LogP contribution is -2.49. The summed E-state index contributed by atoms with van der Waals surface area (Å²) < 4.78 is 22.7. The molecule has 2 aliphatic heterocycles. The van der Waals surface area contributed by atoms with Crippen LogP contribution in [-0.4, -0.2) is 70.9 Å². The van der Waals surface area contributed by atoms with E-state index in [1.807, 2.05) is 30.3 Å². The molecule has 4 rings (SSSR count). The van der Waals surface area contributed by atoms with Gasteiger partial charge in [0.1, 0.15) is 18.1 Å². The van der Waals surface area contributed by atoms with Crippen molar-refractivity contribution < 1.29 is 24.1 Å². The molecule has 0 radical (unpaired) electrons. The summed E-state index contributed by atoms with van der Waals surface area (Å²) in [6, 6.07) is 14.2. The van der Waals surface area contributed by atoms with Crippen LogP contribution >= 0.6 is 0 Å². The van der Waals surface area contributed by atoms with E-state index in [1.54, 1.807) is 14.2 Å². The minimum Gasteiger partial charge on any atom is -0.497 e. The van der Waals surface area contributed by atoms with Crippen LogP contribution in [0.3, 0.4) is 0 Å². The number of nitrogens with one attached hydrogen (secondary N) is 1. The summed E-state index contributed by atoms with van der Waals surface area (Å²) >= 11 is 0. The van der Waals surface area contributed by atoms with Gasteiger partial charge in [0.2, 0.25) is 0 Å². The fraction of sp³-hybridized carbons (Fsp3) is 0.520. The highest BCUT2D eigenvalue weighted by molar-refractivity contribution is 5.61. The summed E-state index contributed by atoms with van der Waals surface area (Å²) in [6.45, 7) is 5.00. The van der Waals surface area contributed by atoms with Crippen LogP contribution in [0.25, 0.3) is 0 Å². The van der Waals surface area contributed by atoms with Crippen LogP contribution in [-0.2, 0) is 16.1 Å². The molecule has 2 aliphatic rings. The summed E-state index contributed by atoms with van der Waals surface area (Å²) in [7, 11) is 3.39. The molecule has 0 aromatic heterocycles. The Kier molecular flexibility index (Phi) is 7.86. The first-order valence-corrected chi connectivity index (χ1v) is 11.3. The van der Waals surface area contributed by atoms with Gasteiger partial charge in [0.15, 0.2) is 0 Å². The van der Waals surface area contributed by atoms with Crippen LogP contribution in [0.5, 0.6) is 11.5 Å². The fourth-order valence-corrected chi connectivity index (χ4v) is 4.54. The molecular weight excluding hydrogens is 408 g/mol. The van der Waals surface area contributed by atoms with Crippen LogP contribution in [0, 0.1) is 0 Å². The van der Waals surface area contributed by atoms with E-state index in [2.05, 4.69) is 22.3 Å². The van der Waals surface area contributed by atoms with E-state index in [0.29, 0.717) is 26.3 Å². The largest absolute Gasteiger partial charge is 0.497 e. The second kappa shape index (κ2) is 11.0. The van der Waals surface area contributed by atoms with E-state index < -0.39 is 6.10 Å². The molecule has 1 fully saturated rings. The van der Waals surface area contributed by atoms with Gasteiger partial charge in [-0.3, -0.25) is 0 Å².